The first kappa shape index (κ1) is 14.0. The van der Waals surface area contributed by atoms with Crippen LogP contribution in [0.1, 0.15) is 36.3 Å². The van der Waals surface area contributed by atoms with Gasteiger partial charge in [-0.2, -0.15) is 18.3 Å². The molecule has 0 spiro atoms. The molecule has 6 heteroatoms. The van der Waals surface area contributed by atoms with Gasteiger partial charge in [-0.05, 0) is 38.8 Å². The van der Waals surface area contributed by atoms with Crippen LogP contribution in [-0.4, -0.2) is 22.5 Å². The molecule has 0 amide bonds. The van der Waals surface area contributed by atoms with Crippen molar-refractivity contribution in [1.29, 1.82) is 0 Å². The first-order valence-corrected chi connectivity index (χ1v) is 5.64. The number of rotatable bonds is 4. The Hall–Kier alpha value is -1.04. The predicted octanol–water partition coefficient (Wildman–Crippen LogP) is 2.51. The van der Waals surface area contributed by atoms with Gasteiger partial charge in [0, 0.05) is 5.69 Å². The highest BCUT2D eigenvalue weighted by Gasteiger charge is 2.42. The van der Waals surface area contributed by atoms with E-state index in [1.165, 1.54) is 0 Å². The normalized spacial score (nSPS) is 14.1. The van der Waals surface area contributed by atoms with Crippen LogP contribution in [0.3, 0.4) is 0 Å². The van der Waals surface area contributed by atoms with Crippen molar-refractivity contribution < 1.29 is 13.2 Å². The number of alkyl halides is 3. The minimum atomic E-state index is -4.31. The quantitative estimate of drug-likeness (QED) is 0.891. The Morgan fingerprint density at radius 1 is 1.35 bits per heavy atom. The highest BCUT2D eigenvalue weighted by Crippen LogP contribution is 2.34. The molecule has 1 aromatic heterocycles. The summed E-state index contributed by atoms with van der Waals surface area (Å²) in [7, 11) is 0. The third kappa shape index (κ3) is 2.80. The van der Waals surface area contributed by atoms with Crippen LogP contribution in [0.4, 0.5) is 13.2 Å². The lowest BCUT2D eigenvalue weighted by molar-refractivity contribution is -0.171. The predicted molar refractivity (Wildman–Crippen MR) is 59.8 cm³/mol. The average molecular weight is 249 g/mol. The number of halogens is 3. The Kier molecular flexibility index (Phi) is 4.19. The van der Waals surface area contributed by atoms with Crippen LogP contribution in [0.15, 0.2) is 0 Å². The van der Waals surface area contributed by atoms with Crippen LogP contribution in [-0.2, 0) is 6.42 Å². The van der Waals surface area contributed by atoms with E-state index in [0.29, 0.717) is 17.8 Å². The third-order valence-electron chi connectivity index (χ3n) is 2.94. The molecule has 3 nitrogen and oxygen atoms in total. The summed E-state index contributed by atoms with van der Waals surface area (Å²) in [5.74, 6) is 0. The van der Waals surface area contributed by atoms with Crippen molar-refractivity contribution >= 4 is 0 Å². The Morgan fingerprint density at radius 2 is 1.94 bits per heavy atom. The van der Waals surface area contributed by atoms with Crippen molar-refractivity contribution in [3.05, 3.63) is 17.0 Å². The van der Waals surface area contributed by atoms with E-state index < -0.39 is 12.2 Å². The van der Waals surface area contributed by atoms with Crippen molar-refractivity contribution in [2.75, 3.05) is 6.54 Å². The lowest BCUT2D eigenvalue weighted by Gasteiger charge is -2.21. The Bertz CT molecular complexity index is 382. The Labute approximate surface area is 98.8 Å². The maximum Gasteiger partial charge on any atom is 0.410 e. The van der Waals surface area contributed by atoms with Gasteiger partial charge >= 0.3 is 6.18 Å². The highest BCUT2D eigenvalue weighted by molar-refractivity contribution is 5.24. The van der Waals surface area contributed by atoms with Gasteiger partial charge in [0.05, 0.1) is 5.69 Å². The molecule has 1 aromatic rings. The topological polar surface area (TPSA) is 43.8 Å². The molecular formula is C11H18F3N3. The summed E-state index contributed by atoms with van der Waals surface area (Å²) in [6, 6.07) is -1.62. The molecule has 1 atom stereocenters. The monoisotopic (exact) mass is 249 g/mol. The highest BCUT2D eigenvalue weighted by atomic mass is 19.4. The molecule has 2 N–H and O–H groups in total. The smallest absolute Gasteiger partial charge is 0.330 e. The zero-order valence-electron chi connectivity index (χ0n) is 10.3. The number of aryl methyl sites for hydroxylation is 1. The summed E-state index contributed by atoms with van der Waals surface area (Å²) < 4.78 is 39.8. The van der Waals surface area contributed by atoms with E-state index in [0.717, 1.165) is 10.2 Å². The number of nitrogens with zero attached hydrogens (tertiary/aromatic N) is 2. The molecule has 0 radical (unpaired) electrons. The molecule has 0 aromatic carbocycles. The molecule has 0 saturated carbocycles. The second kappa shape index (κ2) is 5.08. The van der Waals surface area contributed by atoms with E-state index in [1.807, 2.05) is 6.92 Å². The van der Waals surface area contributed by atoms with Gasteiger partial charge in [0.1, 0.15) is 6.04 Å². The summed E-state index contributed by atoms with van der Waals surface area (Å²) in [6.45, 7) is 5.31. The first-order chi connectivity index (χ1) is 7.82. The van der Waals surface area contributed by atoms with Gasteiger partial charge in [-0.1, -0.05) is 6.92 Å². The van der Waals surface area contributed by atoms with E-state index in [-0.39, 0.29) is 13.0 Å². The second-order valence-corrected chi connectivity index (χ2v) is 4.08. The number of hydrogen-bond acceptors (Lipinski definition) is 2. The lowest BCUT2D eigenvalue weighted by Crippen LogP contribution is -2.30. The van der Waals surface area contributed by atoms with E-state index in [9.17, 15) is 13.2 Å². The van der Waals surface area contributed by atoms with Gasteiger partial charge in [0.15, 0.2) is 0 Å². The van der Waals surface area contributed by atoms with Crippen molar-refractivity contribution in [3.63, 3.8) is 0 Å². The molecule has 0 fully saturated rings. The Morgan fingerprint density at radius 3 is 2.29 bits per heavy atom. The third-order valence-corrected chi connectivity index (χ3v) is 2.94. The summed E-state index contributed by atoms with van der Waals surface area (Å²) in [4.78, 5) is 0. The van der Waals surface area contributed by atoms with E-state index >= 15 is 0 Å². The van der Waals surface area contributed by atoms with Gasteiger partial charge in [-0.3, -0.25) is 4.68 Å². The summed E-state index contributed by atoms with van der Waals surface area (Å²) in [6.07, 6.45) is -3.77. The molecule has 1 unspecified atom stereocenters. The van der Waals surface area contributed by atoms with Crippen LogP contribution < -0.4 is 5.73 Å². The van der Waals surface area contributed by atoms with Gasteiger partial charge < -0.3 is 5.73 Å². The fraction of sp³-hybridized carbons (Fsp3) is 0.727. The van der Waals surface area contributed by atoms with Crippen LogP contribution in [0, 0.1) is 13.8 Å². The zero-order chi connectivity index (χ0) is 13.2. The van der Waals surface area contributed by atoms with Crippen molar-refractivity contribution in [3.8, 4) is 0 Å². The maximum atomic E-state index is 12.9. The molecule has 1 heterocycles. The molecule has 1 rings (SSSR count). The first-order valence-electron chi connectivity index (χ1n) is 5.64. The molecule has 98 valence electrons. The fourth-order valence-corrected chi connectivity index (χ4v) is 2.09. The Balaban J connectivity index is 3.20. The molecule has 0 bridgehead atoms. The number of nitrogens with two attached hydrogens (primary N) is 1. The largest absolute Gasteiger partial charge is 0.410 e. The minimum absolute atomic E-state index is 0.00994. The molecular weight excluding hydrogens is 231 g/mol. The molecule has 17 heavy (non-hydrogen) atoms. The lowest BCUT2D eigenvalue weighted by atomic mass is 10.1. The van der Waals surface area contributed by atoms with Crippen LogP contribution in [0.25, 0.3) is 0 Å². The molecule has 0 saturated heterocycles. The second-order valence-electron chi connectivity index (χ2n) is 4.08. The fourth-order valence-electron chi connectivity index (χ4n) is 2.09. The van der Waals surface area contributed by atoms with Crippen molar-refractivity contribution in [1.82, 2.24) is 9.78 Å². The van der Waals surface area contributed by atoms with Gasteiger partial charge in [0.2, 0.25) is 0 Å². The van der Waals surface area contributed by atoms with Gasteiger partial charge in [-0.25, -0.2) is 0 Å². The van der Waals surface area contributed by atoms with E-state index in [2.05, 4.69) is 5.10 Å². The number of hydrogen-bond donors (Lipinski definition) is 1. The standard InChI is InChI=1S/C11H18F3N3/c1-4-9-7(2)16-17(8(9)3)10(5-6-15)11(12,13)14/h10H,4-6,15H2,1-3H3. The SMILES string of the molecule is CCc1c(C)nn(C(CCN)C(F)(F)F)c1C. The van der Waals surface area contributed by atoms with Crippen LogP contribution >= 0.6 is 0 Å². The van der Waals surface area contributed by atoms with Gasteiger partial charge in [-0.15, -0.1) is 0 Å². The summed E-state index contributed by atoms with van der Waals surface area (Å²) >= 11 is 0. The van der Waals surface area contributed by atoms with Crippen LogP contribution in [0.5, 0.6) is 0 Å². The van der Waals surface area contributed by atoms with Gasteiger partial charge in [0.25, 0.3) is 0 Å². The van der Waals surface area contributed by atoms with E-state index in [4.69, 9.17) is 5.73 Å². The minimum Gasteiger partial charge on any atom is -0.330 e. The van der Waals surface area contributed by atoms with Crippen molar-refractivity contribution in [2.24, 2.45) is 5.73 Å². The summed E-state index contributed by atoms with van der Waals surface area (Å²) in [5, 5.41) is 4.01. The zero-order valence-corrected chi connectivity index (χ0v) is 10.3. The average Bonchev–Trinajstić information content (AvgIpc) is 2.48. The van der Waals surface area contributed by atoms with Crippen molar-refractivity contribution in [2.45, 2.75) is 45.8 Å². The molecule has 0 aliphatic rings. The maximum absolute atomic E-state index is 12.9. The molecule has 0 aliphatic carbocycles. The summed E-state index contributed by atoms with van der Waals surface area (Å²) in [5.41, 5.74) is 7.38. The number of aromatic nitrogens is 2. The molecule has 0 aliphatic heterocycles. The van der Waals surface area contributed by atoms with E-state index in [1.54, 1.807) is 13.8 Å². The van der Waals surface area contributed by atoms with Crippen LogP contribution in [0.2, 0.25) is 0 Å².